The molecule has 0 radical (unpaired) electrons. The number of benzene rings is 2. The second kappa shape index (κ2) is 11.1. The van der Waals surface area contributed by atoms with Crippen molar-refractivity contribution in [3.05, 3.63) is 64.7 Å². The lowest BCUT2D eigenvalue weighted by molar-refractivity contribution is -0.139. The molecule has 2 aromatic rings. The molecule has 0 bridgehead atoms. The van der Waals surface area contributed by atoms with E-state index in [1.54, 1.807) is 25.1 Å². The molecule has 8 nitrogen and oxygen atoms in total. The molecule has 3 rings (SSSR count). The number of hydrogen-bond donors (Lipinski definition) is 0. The quantitative estimate of drug-likeness (QED) is 0.300. The second-order valence-electron chi connectivity index (χ2n) is 6.90. The van der Waals surface area contributed by atoms with E-state index in [2.05, 4.69) is 0 Å². The minimum absolute atomic E-state index is 0.0247. The summed E-state index contributed by atoms with van der Waals surface area (Å²) in [5, 5.41) is -0.413. The number of nitrogens with zero attached hydrogens (tertiary/aromatic N) is 1. The summed E-state index contributed by atoms with van der Waals surface area (Å²) in [5.41, 5.74) is 0.703. The van der Waals surface area contributed by atoms with Crippen LogP contribution in [0.4, 0.5) is 5.69 Å². The highest BCUT2D eigenvalue weighted by Crippen LogP contribution is 2.30. The van der Waals surface area contributed by atoms with Gasteiger partial charge in [0.25, 0.3) is 0 Å². The number of esters is 2. The van der Waals surface area contributed by atoms with Crippen LogP contribution in [0.15, 0.2) is 48.5 Å². The van der Waals surface area contributed by atoms with E-state index in [1.807, 2.05) is 0 Å². The van der Waals surface area contributed by atoms with Gasteiger partial charge in [0, 0.05) is 12.0 Å². The molecule has 0 aromatic heterocycles. The molecule has 1 aliphatic rings. The van der Waals surface area contributed by atoms with E-state index in [0.29, 0.717) is 5.69 Å². The summed E-state index contributed by atoms with van der Waals surface area (Å²) >= 11 is 7.03. The Morgan fingerprint density at radius 2 is 1.76 bits per heavy atom. The van der Waals surface area contributed by atoms with Crippen LogP contribution in [0.3, 0.4) is 0 Å². The van der Waals surface area contributed by atoms with Crippen LogP contribution in [0.5, 0.6) is 0 Å². The minimum atomic E-state index is -0.733. The van der Waals surface area contributed by atoms with E-state index in [4.69, 9.17) is 21.1 Å². The third kappa shape index (κ3) is 6.00. The lowest BCUT2D eigenvalue weighted by Gasteiger charge is -2.15. The van der Waals surface area contributed by atoms with E-state index >= 15 is 0 Å². The Hall–Kier alpha value is -3.17. The normalized spacial score (nSPS) is 15.5. The average Bonchev–Trinajstić information content (AvgIpc) is 3.09. The van der Waals surface area contributed by atoms with E-state index in [1.165, 1.54) is 30.3 Å². The van der Waals surface area contributed by atoms with Gasteiger partial charge in [0.1, 0.15) is 0 Å². The zero-order chi connectivity index (χ0) is 24.0. The van der Waals surface area contributed by atoms with Crippen molar-refractivity contribution in [1.29, 1.82) is 0 Å². The van der Waals surface area contributed by atoms with Crippen molar-refractivity contribution >= 4 is 58.6 Å². The first-order valence-corrected chi connectivity index (χ1v) is 11.4. The summed E-state index contributed by atoms with van der Waals surface area (Å²) in [4.78, 5) is 62.0. The maximum atomic E-state index is 12.6. The van der Waals surface area contributed by atoms with E-state index < -0.39 is 41.4 Å². The van der Waals surface area contributed by atoms with Gasteiger partial charge in [0.05, 0.1) is 33.9 Å². The van der Waals surface area contributed by atoms with Gasteiger partial charge in [-0.05, 0) is 43.3 Å². The monoisotopic (exact) mass is 489 g/mol. The molecular weight excluding hydrogens is 470 g/mol. The molecule has 0 N–H and O–H groups in total. The van der Waals surface area contributed by atoms with Crippen molar-refractivity contribution in [2.45, 2.75) is 18.6 Å². The first-order chi connectivity index (χ1) is 15.8. The van der Waals surface area contributed by atoms with Gasteiger partial charge in [-0.2, -0.15) is 0 Å². The van der Waals surface area contributed by atoms with E-state index in [-0.39, 0.29) is 34.9 Å². The number of Topliss-reactive ketones (excluding diaryl/α,β-unsaturated/α-hetero) is 1. The number of rotatable bonds is 9. The Morgan fingerprint density at radius 3 is 2.42 bits per heavy atom. The maximum absolute atomic E-state index is 12.6. The molecule has 0 aliphatic carbocycles. The standard InChI is InChI=1S/C23H20ClNO7S/c1-2-31-21(28)13-33-19-11-20(27)25(22(19)29)15-9-7-14(8-10-15)23(30)32-12-18(26)16-5-3-4-6-17(16)24/h3-10,19H,2,11-13H2,1H3. The molecular formula is C23H20ClNO7S. The lowest BCUT2D eigenvalue weighted by Crippen LogP contribution is -2.31. The Morgan fingerprint density at radius 1 is 1.06 bits per heavy atom. The number of ether oxygens (including phenoxy) is 2. The smallest absolute Gasteiger partial charge is 0.338 e. The number of halogens is 1. The largest absolute Gasteiger partial charge is 0.465 e. The summed E-state index contributed by atoms with van der Waals surface area (Å²) < 4.78 is 9.89. The lowest BCUT2D eigenvalue weighted by atomic mass is 10.1. The number of thioether (sulfide) groups is 1. The van der Waals surface area contributed by atoms with Crippen molar-refractivity contribution in [3.63, 3.8) is 0 Å². The van der Waals surface area contributed by atoms with Crippen molar-refractivity contribution in [2.24, 2.45) is 0 Å². The number of ketones is 1. The van der Waals surface area contributed by atoms with Crippen LogP contribution in [0, 0.1) is 0 Å². The average molecular weight is 490 g/mol. The minimum Gasteiger partial charge on any atom is -0.465 e. The number of imide groups is 1. The number of anilines is 1. The van der Waals surface area contributed by atoms with Gasteiger partial charge >= 0.3 is 11.9 Å². The fraction of sp³-hybridized carbons (Fsp3) is 0.261. The predicted octanol–water partition coefficient (Wildman–Crippen LogP) is 3.31. The number of hydrogen-bond acceptors (Lipinski definition) is 8. The first kappa shape index (κ1) is 24.5. The van der Waals surface area contributed by atoms with Crippen LogP contribution in [0.1, 0.15) is 34.1 Å². The summed E-state index contributed by atoms with van der Waals surface area (Å²) in [6.07, 6.45) is -0.0309. The van der Waals surface area contributed by atoms with Crippen LogP contribution in [-0.4, -0.2) is 53.8 Å². The molecule has 0 saturated carbocycles. The van der Waals surface area contributed by atoms with Crippen LogP contribution in [0.25, 0.3) is 0 Å². The molecule has 1 fully saturated rings. The molecule has 2 aromatic carbocycles. The Kier molecular flexibility index (Phi) is 8.24. The van der Waals surface area contributed by atoms with Crippen molar-refractivity contribution in [2.75, 3.05) is 23.9 Å². The molecule has 172 valence electrons. The summed E-state index contributed by atoms with van der Waals surface area (Å²) in [6, 6.07) is 12.1. The SMILES string of the molecule is CCOC(=O)CSC1CC(=O)N(c2ccc(C(=O)OCC(=O)c3ccccc3Cl)cc2)C1=O. The summed E-state index contributed by atoms with van der Waals surface area (Å²) in [6.45, 7) is 1.45. The molecule has 0 spiro atoms. The molecule has 1 unspecified atom stereocenters. The fourth-order valence-electron chi connectivity index (χ4n) is 3.10. The zero-order valence-corrected chi connectivity index (χ0v) is 19.2. The van der Waals surface area contributed by atoms with Crippen LogP contribution in [0.2, 0.25) is 5.02 Å². The van der Waals surface area contributed by atoms with Crippen molar-refractivity contribution in [3.8, 4) is 0 Å². The van der Waals surface area contributed by atoms with Crippen molar-refractivity contribution in [1.82, 2.24) is 0 Å². The number of carbonyl (C=O) groups excluding carboxylic acids is 5. The fourth-order valence-corrected chi connectivity index (χ4v) is 4.27. The van der Waals surface area contributed by atoms with Crippen molar-refractivity contribution < 1.29 is 33.4 Å². The highest BCUT2D eigenvalue weighted by molar-refractivity contribution is 8.01. The first-order valence-electron chi connectivity index (χ1n) is 10.0. The number of carbonyl (C=O) groups is 5. The van der Waals surface area contributed by atoms with Gasteiger partial charge in [-0.15, -0.1) is 11.8 Å². The molecule has 1 saturated heterocycles. The zero-order valence-electron chi connectivity index (χ0n) is 17.6. The van der Waals surface area contributed by atoms with E-state index in [0.717, 1.165) is 16.7 Å². The molecule has 1 atom stereocenters. The molecule has 1 heterocycles. The predicted molar refractivity (Wildman–Crippen MR) is 122 cm³/mol. The molecule has 10 heteroatoms. The summed E-state index contributed by atoms with van der Waals surface area (Å²) in [5.74, 6) is -2.48. The molecule has 2 amide bonds. The molecule has 1 aliphatic heterocycles. The number of amides is 2. The Bertz CT molecular complexity index is 1090. The highest BCUT2D eigenvalue weighted by atomic mass is 35.5. The highest BCUT2D eigenvalue weighted by Gasteiger charge is 2.40. The van der Waals surface area contributed by atoms with Gasteiger partial charge in [-0.25, -0.2) is 9.69 Å². The van der Waals surface area contributed by atoms with Crippen LogP contribution < -0.4 is 4.90 Å². The maximum Gasteiger partial charge on any atom is 0.338 e. The van der Waals surface area contributed by atoms with Gasteiger partial charge in [-0.1, -0.05) is 23.7 Å². The third-order valence-electron chi connectivity index (χ3n) is 4.68. The van der Waals surface area contributed by atoms with Gasteiger partial charge < -0.3 is 9.47 Å². The summed E-state index contributed by atoms with van der Waals surface area (Å²) in [7, 11) is 0. The van der Waals surface area contributed by atoms with Gasteiger partial charge in [-0.3, -0.25) is 19.2 Å². The third-order valence-corrected chi connectivity index (χ3v) is 6.19. The van der Waals surface area contributed by atoms with Gasteiger partial charge in [0.2, 0.25) is 17.6 Å². The Balaban J connectivity index is 1.59. The van der Waals surface area contributed by atoms with Crippen LogP contribution >= 0.6 is 23.4 Å². The molecule has 33 heavy (non-hydrogen) atoms. The van der Waals surface area contributed by atoms with E-state index in [9.17, 15) is 24.0 Å². The van der Waals surface area contributed by atoms with Gasteiger partial charge in [0.15, 0.2) is 6.61 Å². The van der Waals surface area contributed by atoms with Crippen LogP contribution in [-0.2, 0) is 23.9 Å². The Labute approximate surface area is 199 Å². The topological polar surface area (TPSA) is 107 Å². The second-order valence-corrected chi connectivity index (χ2v) is 8.50.